The molecule has 0 aliphatic carbocycles. The van der Waals surface area contributed by atoms with Crippen LogP contribution in [0.15, 0.2) is 24.3 Å². The Bertz CT molecular complexity index is 493. The van der Waals surface area contributed by atoms with Crippen LogP contribution in [0.3, 0.4) is 0 Å². The lowest BCUT2D eigenvalue weighted by Crippen LogP contribution is -2.44. The third-order valence-electron chi connectivity index (χ3n) is 2.84. The number of benzene rings is 1. The Hall–Kier alpha value is -1.75. The summed E-state index contributed by atoms with van der Waals surface area (Å²) in [6, 6.07) is 6.05. The molecular weight excluding hydrogens is 282 g/mol. The molecule has 5 nitrogen and oxygen atoms in total. The fourth-order valence-corrected chi connectivity index (χ4v) is 2.20. The van der Waals surface area contributed by atoms with Crippen LogP contribution in [-0.4, -0.2) is 29.3 Å². The molecule has 110 valence electrons. The van der Waals surface area contributed by atoms with Gasteiger partial charge >= 0.3 is 12.2 Å². The van der Waals surface area contributed by atoms with E-state index < -0.39 is 23.6 Å². The Morgan fingerprint density at radius 1 is 1.25 bits per heavy atom. The predicted molar refractivity (Wildman–Crippen MR) is 75.9 cm³/mol. The van der Waals surface area contributed by atoms with E-state index in [0.717, 1.165) is 7.11 Å². The van der Waals surface area contributed by atoms with E-state index in [2.05, 4.69) is 4.74 Å². The molecule has 0 radical (unpaired) electrons. The van der Waals surface area contributed by atoms with Crippen molar-refractivity contribution in [3.05, 3.63) is 34.9 Å². The van der Waals surface area contributed by atoms with E-state index in [-0.39, 0.29) is 0 Å². The lowest BCUT2D eigenvalue weighted by atomic mass is 9.81. The summed E-state index contributed by atoms with van der Waals surface area (Å²) < 4.78 is 4.58. The average Bonchev–Trinajstić information content (AvgIpc) is 2.34. The molecule has 1 rings (SSSR count). The lowest BCUT2D eigenvalue weighted by molar-refractivity contribution is 0.0648. The molecule has 6 heteroatoms. The van der Waals surface area contributed by atoms with Crippen molar-refractivity contribution in [2.45, 2.75) is 26.8 Å². The van der Waals surface area contributed by atoms with Crippen LogP contribution in [0.25, 0.3) is 0 Å². The molecule has 0 aliphatic rings. The number of halogens is 1. The van der Waals surface area contributed by atoms with E-state index in [1.165, 1.54) is 0 Å². The van der Waals surface area contributed by atoms with Gasteiger partial charge in [-0.25, -0.2) is 14.5 Å². The molecule has 20 heavy (non-hydrogen) atoms. The number of methoxy groups -OCH3 is 1. The van der Waals surface area contributed by atoms with Gasteiger partial charge in [-0.2, -0.15) is 0 Å². The molecule has 0 spiro atoms. The number of hydrogen-bond acceptors (Lipinski definition) is 3. The largest absolute Gasteiger partial charge is 0.465 e. The third kappa shape index (κ3) is 3.63. The maximum atomic E-state index is 11.8. The smallest absolute Gasteiger partial charge is 0.419 e. The second-order valence-electron chi connectivity index (χ2n) is 5.44. The Labute approximate surface area is 123 Å². The zero-order chi connectivity index (χ0) is 15.5. The first kappa shape index (κ1) is 16.3. The van der Waals surface area contributed by atoms with Gasteiger partial charge in [-0.15, -0.1) is 0 Å². The lowest BCUT2D eigenvalue weighted by Gasteiger charge is -2.36. The highest BCUT2D eigenvalue weighted by Crippen LogP contribution is 2.38. The van der Waals surface area contributed by atoms with Gasteiger partial charge in [0.25, 0.3) is 0 Å². The van der Waals surface area contributed by atoms with Gasteiger partial charge in [0.1, 0.15) is 0 Å². The van der Waals surface area contributed by atoms with Crippen LogP contribution in [0.4, 0.5) is 9.59 Å². The first-order chi connectivity index (χ1) is 9.18. The zero-order valence-corrected chi connectivity index (χ0v) is 12.6. The van der Waals surface area contributed by atoms with Gasteiger partial charge in [0.15, 0.2) is 0 Å². The van der Waals surface area contributed by atoms with Gasteiger partial charge in [-0.05, 0) is 23.1 Å². The first-order valence-electron chi connectivity index (χ1n) is 6.04. The average molecular weight is 300 g/mol. The third-order valence-corrected chi connectivity index (χ3v) is 3.09. The van der Waals surface area contributed by atoms with Crippen molar-refractivity contribution in [1.29, 1.82) is 0 Å². The van der Waals surface area contributed by atoms with E-state index in [0.29, 0.717) is 15.5 Å². The fourth-order valence-electron chi connectivity index (χ4n) is 2.07. The van der Waals surface area contributed by atoms with Gasteiger partial charge in [0.2, 0.25) is 0 Å². The number of carbonyl (C=O) groups is 2. The second kappa shape index (κ2) is 6.13. The maximum absolute atomic E-state index is 11.8. The molecule has 0 aromatic heterocycles. The number of carboxylic acid groups (broad SMARTS) is 1. The van der Waals surface area contributed by atoms with E-state index >= 15 is 0 Å². The molecule has 1 aromatic carbocycles. The molecule has 0 heterocycles. The minimum atomic E-state index is -1.35. The normalized spacial score (nSPS) is 12.7. The number of nitrogens with zero attached hydrogens (tertiary/aromatic N) is 1. The van der Waals surface area contributed by atoms with Crippen LogP contribution < -0.4 is 0 Å². The summed E-state index contributed by atoms with van der Waals surface area (Å²) in [5.74, 6) is 0. The van der Waals surface area contributed by atoms with Crippen molar-refractivity contribution in [3.8, 4) is 0 Å². The Kier molecular flexibility index (Phi) is 5.00. The fraction of sp³-hybridized carbons (Fsp3) is 0.429. The monoisotopic (exact) mass is 299 g/mol. The molecule has 0 saturated carbocycles. The van der Waals surface area contributed by atoms with Gasteiger partial charge in [0, 0.05) is 5.02 Å². The zero-order valence-electron chi connectivity index (χ0n) is 11.9. The van der Waals surface area contributed by atoms with E-state index in [1.807, 2.05) is 20.8 Å². The van der Waals surface area contributed by atoms with Gasteiger partial charge < -0.3 is 9.84 Å². The van der Waals surface area contributed by atoms with Crippen LogP contribution in [0.2, 0.25) is 5.02 Å². The Balaban J connectivity index is 3.34. The number of ether oxygens (including phenoxy) is 1. The predicted octanol–water partition coefficient (Wildman–Crippen LogP) is 4.17. The Morgan fingerprint density at radius 3 is 2.10 bits per heavy atom. The summed E-state index contributed by atoms with van der Waals surface area (Å²) in [6.45, 7) is 5.56. The van der Waals surface area contributed by atoms with Gasteiger partial charge in [0.05, 0.1) is 13.2 Å². The topological polar surface area (TPSA) is 66.8 Å². The van der Waals surface area contributed by atoms with Gasteiger partial charge in [-0.3, -0.25) is 0 Å². The number of hydrogen-bond donors (Lipinski definition) is 1. The van der Waals surface area contributed by atoms with Crippen LogP contribution in [0.5, 0.6) is 0 Å². The van der Waals surface area contributed by atoms with Crippen LogP contribution in [0.1, 0.15) is 32.4 Å². The highest BCUT2D eigenvalue weighted by molar-refractivity contribution is 6.30. The van der Waals surface area contributed by atoms with Crippen molar-refractivity contribution < 1.29 is 19.4 Å². The standard InChI is InChI=1S/C14H18ClNO4/c1-14(2,3)11(9-5-7-10(15)8-6-9)16(12(17)18)13(19)20-4/h5-8,11H,1-4H3,(H,17,18)/t11-/m0/s1. The molecule has 0 aliphatic heterocycles. The number of rotatable bonds is 2. The minimum absolute atomic E-state index is 0.500. The summed E-state index contributed by atoms with van der Waals surface area (Å²) in [5, 5.41) is 9.87. The van der Waals surface area contributed by atoms with E-state index in [9.17, 15) is 14.7 Å². The maximum Gasteiger partial charge on any atom is 0.419 e. The van der Waals surface area contributed by atoms with Crippen LogP contribution >= 0.6 is 11.6 Å². The highest BCUT2D eigenvalue weighted by Gasteiger charge is 2.39. The van der Waals surface area contributed by atoms with Crippen molar-refractivity contribution in [3.63, 3.8) is 0 Å². The van der Waals surface area contributed by atoms with Crippen molar-refractivity contribution >= 4 is 23.8 Å². The SMILES string of the molecule is COC(=O)N(C(=O)O)[C@@H](c1ccc(Cl)cc1)C(C)(C)C. The molecule has 0 saturated heterocycles. The quantitative estimate of drug-likeness (QED) is 0.890. The highest BCUT2D eigenvalue weighted by atomic mass is 35.5. The summed E-state index contributed by atoms with van der Waals surface area (Å²) >= 11 is 5.84. The molecule has 2 amide bonds. The number of imide groups is 1. The number of carbonyl (C=O) groups excluding carboxylic acids is 1. The second-order valence-corrected chi connectivity index (χ2v) is 5.88. The minimum Gasteiger partial charge on any atom is -0.465 e. The summed E-state index contributed by atoms with van der Waals surface area (Å²) in [5.41, 5.74) is 0.176. The number of amides is 2. The van der Waals surface area contributed by atoms with Crippen molar-refractivity contribution in [2.75, 3.05) is 7.11 Å². The molecular formula is C14H18ClNO4. The van der Waals surface area contributed by atoms with E-state index in [1.54, 1.807) is 24.3 Å². The Morgan fingerprint density at radius 2 is 1.75 bits per heavy atom. The van der Waals surface area contributed by atoms with Crippen LogP contribution in [0, 0.1) is 5.41 Å². The van der Waals surface area contributed by atoms with E-state index in [4.69, 9.17) is 11.6 Å². The summed E-state index contributed by atoms with van der Waals surface area (Å²) in [6.07, 6.45) is -2.26. The van der Waals surface area contributed by atoms with Gasteiger partial charge in [-0.1, -0.05) is 44.5 Å². The summed E-state index contributed by atoms with van der Waals surface area (Å²) in [7, 11) is 1.15. The molecule has 0 bridgehead atoms. The molecule has 1 atom stereocenters. The molecule has 0 unspecified atom stereocenters. The molecule has 1 N–H and O–H groups in total. The van der Waals surface area contributed by atoms with Crippen molar-refractivity contribution in [1.82, 2.24) is 4.90 Å². The first-order valence-corrected chi connectivity index (χ1v) is 6.42. The summed E-state index contributed by atoms with van der Waals surface area (Å²) in [4.78, 5) is 23.9. The van der Waals surface area contributed by atoms with Crippen molar-refractivity contribution in [2.24, 2.45) is 5.41 Å². The molecule has 1 aromatic rings. The van der Waals surface area contributed by atoms with Crippen LogP contribution in [-0.2, 0) is 4.74 Å². The molecule has 0 fully saturated rings.